The molecule has 0 spiro atoms. The highest BCUT2D eigenvalue weighted by atomic mass is 35.5. The molecule has 2 rings (SSSR count). The highest BCUT2D eigenvalue weighted by Gasteiger charge is 2.21. The number of esters is 1. The summed E-state index contributed by atoms with van der Waals surface area (Å²) in [6.07, 6.45) is 1.29. The molecule has 1 aromatic carbocycles. The van der Waals surface area contributed by atoms with E-state index in [0.29, 0.717) is 35.3 Å². The normalized spacial score (nSPS) is 11.3. The zero-order chi connectivity index (χ0) is 19.3. The predicted molar refractivity (Wildman–Crippen MR) is 97.4 cm³/mol. The Bertz CT molecular complexity index is 796. The largest absolute Gasteiger partial charge is 0.465 e. The fourth-order valence-corrected chi connectivity index (χ4v) is 2.35. The number of ether oxygens (including phenoxy) is 1. The molecule has 2 aromatic rings. The average Bonchev–Trinajstić information content (AvgIpc) is 3.05. The molecule has 0 aliphatic rings. The maximum atomic E-state index is 12.2. The van der Waals surface area contributed by atoms with E-state index in [0.717, 1.165) is 0 Å². The number of aryl methyl sites for hydroxylation is 1. The fourth-order valence-electron chi connectivity index (χ4n) is 2.18. The van der Waals surface area contributed by atoms with Crippen LogP contribution in [-0.2, 0) is 21.4 Å². The zero-order valence-corrected chi connectivity index (χ0v) is 16.0. The lowest BCUT2D eigenvalue weighted by atomic mass is 9.96. The van der Waals surface area contributed by atoms with Crippen LogP contribution in [0, 0.1) is 0 Å². The van der Waals surface area contributed by atoms with Crippen LogP contribution in [0.3, 0.4) is 0 Å². The Morgan fingerprint density at radius 2 is 2.04 bits per heavy atom. The number of hydrogen-bond acceptors (Lipinski definition) is 6. The minimum atomic E-state index is -0.566. The standard InChI is InChI=1S/C18H22ClN3O4/c1-18(2,3)17-21-15(26-22-17)7-5-6-14(23)20-13-9-8-11(19)10-12(13)16(24)25-4/h8-10H,5-7H2,1-4H3,(H,20,23). The van der Waals surface area contributed by atoms with Gasteiger partial charge in [0, 0.05) is 23.3 Å². The number of nitrogens with zero attached hydrogens (tertiary/aromatic N) is 2. The van der Waals surface area contributed by atoms with Crippen molar-refractivity contribution in [1.29, 1.82) is 0 Å². The van der Waals surface area contributed by atoms with Crippen LogP contribution in [0.25, 0.3) is 0 Å². The molecule has 0 aliphatic heterocycles. The minimum Gasteiger partial charge on any atom is -0.465 e. The van der Waals surface area contributed by atoms with Crippen molar-refractivity contribution in [1.82, 2.24) is 10.1 Å². The van der Waals surface area contributed by atoms with Crippen molar-refractivity contribution in [2.24, 2.45) is 0 Å². The Morgan fingerprint density at radius 3 is 2.65 bits per heavy atom. The quantitative estimate of drug-likeness (QED) is 0.768. The molecule has 0 atom stereocenters. The summed E-state index contributed by atoms with van der Waals surface area (Å²) in [6, 6.07) is 4.62. The molecule has 0 saturated heterocycles. The molecule has 140 valence electrons. The van der Waals surface area contributed by atoms with Crippen LogP contribution < -0.4 is 5.32 Å². The van der Waals surface area contributed by atoms with Crippen molar-refractivity contribution in [2.45, 2.75) is 45.4 Å². The second-order valence-electron chi connectivity index (χ2n) is 6.84. The summed E-state index contributed by atoms with van der Waals surface area (Å²) in [5.41, 5.74) is 0.386. The van der Waals surface area contributed by atoms with E-state index in [1.165, 1.54) is 13.2 Å². The maximum absolute atomic E-state index is 12.2. The summed E-state index contributed by atoms with van der Waals surface area (Å²) in [4.78, 5) is 28.3. The van der Waals surface area contributed by atoms with Gasteiger partial charge >= 0.3 is 5.97 Å². The first-order chi connectivity index (χ1) is 12.2. The van der Waals surface area contributed by atoms with E-state index in [9.17, 15) is 9.59 Å². The second-order valence-corrected chi connectivity index (χ2v) is 7.28. The highest BCUT2D eigenvalue weighted by molar-refractivity contribution is 6.31. The van der Waals surface area contributed by atoms with Crippen molar-refractivity contribution in [2.75, 3.05) is 12.4 Å². The third-order valence-electron chi connectivity index (χ3n) is 3.59. The van der Waals surface area contributed by atoms with Crippen molar-refractivity contribution < 1.29 is 18.8 Å². The third kappa shape index (κ3) is 5.29. The third-order valence-corrected chi connectivity index (χ3v) is 3.83. The zero-order valence-electron chi connectivity index (χ0n) is 15.3. The number of benzene rings is 1. The minimum absolute atomic E-state index is 0.183. The number of anilines is 1. The number of hydrogen-bond donors (Lipinski definition) is 1. The van der Waals surface area contributed by atoms with Crippen molar-refractivity contribution in [3.05, 3.63) is 40.5 Å². The topological polar surface area (TPSA) is 94.3 Å². The molecule has 1 amide bonds. The Labute approximate surface area is 157 Å². The van der Waals surface area contributed by atoms with Gasteiger partial charge in [-0.3, -0.25) is 4.79 Å². The van der Waals surface area contributed by atoms with Gasteiger partial charge in [0.05, 0.1) is 18.4 Å². The molecular weight excluding hydrogens is 358 g/mol. The van der Waals surface area contributed by atoms with Gasteiger partial charge < -0.3 is 14.6 Å². The number of methoxy groups -OCH3 is 1. The smallest absolute Gasteiger partial charge is 0.340 e. The van der Waals surface area contributed by atoms with Gasteiger partial charge in [0.1, 0.15) is 0 Å². The van der Waals surface area contributed by atoms with E-state index in [2.05, 4.69) is 15.5 Å². The van der Waals surface area contributed by atoms with Crippen molar-refractivity contribution in [3.63, 3.8) is 0 Å². The van der Waals surface area contributed by atoms with Crippen LogP contribution in [-0.4, -0.2) is 29.1 Å². The van der Waals surface area contributed by atoms with Crippen molar-refractivity contribution >= 4 is 29.2 Å². The van der Waals surface area contributed by atoms with Crippen LogP contribution in [0.2, 0.25) is 5.02 Å². The highest BCUT2D eigenvalue weighted by Crippen LogP contribution is 2.22. The predicted octanol–water partition coefficient (Wildman–Crippen LogP) is 3.77. The number of halogens is 1. The lowest BCUT2D eigenvalue weighted by Crippen LogP contribution is -2.15. The van der Waals surface area contributed by atoms with Gasteiger partial charge in [-0.2, -0.15) is 4.98 Å². The molecule has 26 heavy (non-hydrogen) atoms. The molecule has 0 bridgehead atoms. The van der Waals surface area contributed by atoms with Crippen LogP contribution >= 0.6 is 11.6 Å². The Kier molecular flexibility index (Phi) is 6.37. The molecule has 0 radical (unpaired) electrons. The van der Waals surface area contributed by atoms with E-state index in [1.54, 1.807) is 12.1 Å². The van der Waals surface area contributed by atoms with Crippen molar-refractivity contribution in [3.8, 4) is 0 Å². The van der Waals surface area contributed by atoms with Gasteiger partial charge in [-0.1, -0.05) is 37.5 Å². The lowest BCUT2D eigenvalue weighted by Gasteiger charge is -2.11. The molecule has 8 heteroatoms. The summed E-state index contributed by atoms with van der Waals surface area (Å²) >= 11 is 5.90. The number of carbonyl (C=O) groups excluding carboxylic acids is 2. The summed E-state index contributed by atoms with van der Waals surface area (Å²) in [5, 5.41) is 7.04. The number of rotatable bonds is 6. The number of carbonyl (C=O) groups is 2. The van der Waals surface area contributed by atoms with Gasteiger partial charge in [-0.05, 0) is 24.6 Å². The van der Waals surface area contributed by atoms with E-state index >= 15 is 0 Å². The molecule has 1 heterocycles. The molecule has 7 nitrogen and oxygen atoms in total. The fraction of sp³-hybridized carbons (Fsp3) is 0.444. The maximum Gasteiger partial charge on any atom is 0.340 e. The monoisotopic (exact) mass is 379 g/mol. The van der Waals surface area contributed by atoms with E-state index in [-0.39, 0.29) is 23.3 Å². The first kappa shape index (κ1) is 19.9. The molecule has 1 aromatic heterocycles. The summed E-state index contributed by atoms with van der Waals surface area (Å²) < 4.78 is 9.91. The van der Waals surface area contributed by atoms with Gasteiger partial charge in [0.2, 0.25) is 11.8 Å². The SMILES string of the molecule is COC(=O)c1cc(Cl)ccc1NC(=O)CCCc1nc(C(C)(C)C)no1. The summed E-state index contributed by atoms with van der Waals surface area (Å²) in [6.45, 7) is 6.00. The van der Waals surface area contributed by atoms with Crippen LogP contribution in [0.5, 0.6) is 0 Å². The van der Waals surface area contributed by atoms with E-state index in [1.807, 2.05) is 20.8 Å². The Balaban J connectivity index is 1.91. The molecule has 0 aliphatic carbocycles. The summed E-state index contributed by atoms with van der Waals surface area (Å²) in [5.74, 6) is 0.349. The van der Waals surface area contributed by atoms with Gasteiger partial charge in [0.25, 0.3) is 0 Å². The van der Waals surface area contributed by atoms with Gasteiger partial charge in [-0.15, -0.1) is 0 Å². The van der Waals surface area contributed by atoms with Crippen LogP contribution in [0.15, 0.2) is 22.7 Å². The average molecular weight is 380 g/mol. The number of nitrogens with one attached hydrogen (secondary N) is 1. The molecule has 0 fully saturated rings. The summed E-state index contributed by atoms with van der Waals surface area (Å²) in [7, 11) is 1.27. The van der Waals surface area contributed by atoms with E-state index in [4.69, 9.17) is 20.9 Å². The Hall–Kier alpha value is -2.41. The number of aromatic nitrogens is 2. The van der Waals surface area contributed by atoms with E-state index < -0.39 is 5.97 Å². The van der Waals surface area contributed by atoms with Gasteiger partial charge in [0.15, 0.2) is 5.82 Å². The first-order valence-electron chi connectivity index (χ1n) is 8.21. The van der Waals surface area contributed by atoms with Crippen LogP contribution in [0.4, 0.5) is 5.69 Å². The molecule has 1 N–H and O–H groups in total. The molecule has 0 unspecified atom stereocenters. The molecule has 0 saturated carbocycles. The Morgan fingerprint density at radius 1 is 1.31 bits per heavy atom. The number of amides is 1. The second kappa shape index (κ2) is 8.31. The molecular formula is C18H22ClN3O4. The lowest BCUT2D eigenvalue weighted by molar-refractivity contribution is -0.116. The van der Waals surface area contributed by atoms with Crippen LogP contribution in [0.1, 0.15) is 55.7 Å². The first-order valence-corrected chi connectivity index (χ1v) is 8.59. The van der Waals surface area contributed by atoms with Gasteiger partial charge in [-0.25, -0.2) is 4.79 Å².